The van der Waals surface area contributed by atoms with Crippen molar-refractivity contribution >= 4 is 11.2 Å². The number of imidazole rings is 1. The summed E-state index contributed by atoms with van der Waals surface area (Å²) in [7, 11) is 0. The van der Waals surface area contributed by atoms with Crippen LogP contribution in [-0.2, 0) is 0 Å². The zero-order valence-corrected chi connectivity index (χ0v) is 8.11. The van der Waals surface area contributed by atoms with Crippen LogP contribution in [0.4, 0.5) is 0 Å². The van der Waals surface area contributed by atoms with E-state index in [4.69, 9.17) is 0 Å². The molecular weight excluding hydrogens is 176 g/mol. The molecule has 4 nitrogen and oxygen atoms in total. The van der Waals surface area contributed by atoms with E-state index in [1.54, 1.807) is 12.5 Å². The van der Waals surface area contributed by atoms with E-state index in [0.717, 1.165) is 5.52 Å². The molecule has 1 fully saturated rings. The molecule has 0 atom stereocenters. The maximum Gasteiger partial charge on any atom is 0.180 e. The van der Waals surface area contributed by atoms with Gasteiger partial charge in [0.05, 0.1) is 12.5 Å². The summed E-state index contributed by atoms with van der Waals surface area (Å²) in [6.45, 7) is 0. The molecule has 2 heterocycles. The summed E-state index contributed by atoms with van der Waals surface area (Å²) in [5, 5.41) is 0. The van der Waals surface area contributed by atoms with E-state index in [1.165, 1.54) is 38.4 Å². The Bertz CT molecular complexity index is 340. The number of aromatic amines is 1. The average molecular weight is 190 g/mol. The molecule has 74 valence electrons. The van der Waals surface area contributed by atoms with E-state index in [0.29, 0.717) is 5.65 Å². The van der Waals surface area contributed by atoms with Gasteiger partial charge in [-0.2, -0.15) is 0 Å². The Kier molecular flexibility index (Phi) is 3.06. The second-order valence-electron chi connectivity index (χ2n) is 3.43. The molecule has 0 saturated heterocycles. The van der Waals surface area contributed by atoms with Crippen LogP contribution in [0.15, 0.2) is 18.9 Å². The van der Waals surface area contributed by atoms with Gasteiger partial charge in [-0.25, -0.2) is 15.0 Å². The van der Waals surface area contributed by atoms with Crippen LogP contribution in [0.1, 0.15) is 32.1 Å². The first kappa shape index (κ1) is 9.12. The molecule has 4 heteroatoms. The van der Waals surface area contributed by atoms with Gasteiger partial charge in [0.2, 0.25) is 0 Å². The third-order valence-corrected chi connectivity index (χ3v) is 2.35. The van der Waals surface area contributed by atoms with Crippen molar-refractivity contribution < 1.29 is 0 Å². The van der Waals surface area contributed by atoms with Crippen molar-refractivity contribution in [2.45, 2.75) is 32.1 Å². The minimum Gasteiger partial charge on any atom is -0.342 e. The summed E-state index contributed by atoms with van der Waals surface area (Å²) in [4.78, 5) is 14.5. The minimum atomic E-state index is 0.713. The summed E-state index contributed by atoms with van der Waals surface area (Å²) in [6.07, 6.45) is 12.3. The Hall–Kier alpha value is -1.45. The maximum absolute atomic E-state index is 3.91. The van der Waals surface area contributed by atoms with Gasteiger partial charge in [-0.15, -0.1) is 0 Å². The number of fused-ring (bicyclic) bond motifs is 1. The van der Waals surface area contributed by atoms with Crippen molar-refractivity contribution in [2.75, 3.05) is 0 Å². The van der Waals surface area contributed by atoms with Crippen LogP contribution in [0.5, 0.6) is 0 Å². The average Bonchev–Trinajstić information content (AvgIpc) is 2.92. The number of aromatic nitrogens is 4. The van der Waals surface area contributed by atoms with Crippen LogP contribution >= 0.6 is 0 Å². The topological polar surface area (TPSA) is 54.5 Å². The first-order valence-corrected chi connectivity index (χ1v) is 5.06. The lowest BCUT2D eigenvalue weighted by molar-refractivity contribution is 0.886. The monoisotopic (exact) mass is 190 g/mol. The summed E-state index contributed by atoms with van der Waals surface area (Å²) >= 11 is 0. The Morgan fingerprint density at radius 1 is 1.00 bits per heavy atom. The van der Waals surface area contributed by atoms with Gasteiger partial charge in [0.15, 0.2) is 5.65 Å². The molecule has 0 aliphatic heterocycles. The van der Waals surface area contributed by atoms with Gasteiger partial charge in [-0.3, -0.25) is 0 Å². The highest BCUT2D eigenvalue weighted by Gasteiger charge is 1.95. The number of nitrogens with zero attached hydrogens (tertiary/aromatic N) is 3. The van der Waals surface area contributed by atoms with Crippen molar-refractivity contribution in [3.05, 3.63) is 18.9 Å². The zero-order valence-electron chi connectivity index (χ0n) is 8.11. The van der Waals surface area contributed by atoms with Crippen molar-refractivity contribution in [1.29, 1.82) is 0 Å². The molecule has 1 aliphatic carbocycles. The molecule has 14 heavy (non-hydrogen) atoms. The van der Waals surface area contributed by atoms with E-state index in [9.17, 15) is 0 Å². The third kappa shape index (κ3) is 2.28. The SMILES string of the molecule is C1CCCC1.c1ncc2[nH]cnc2n1. The fourth-order valence-electron chi connectivity index (χ4n) is 1.57. The molecule has 0 unspecified atom stereocenters. The highest BCUT2D eigenvalue weighted by atomic mass is 15.0. The molecule has 1 N–H and O–H groups in total. The first-order valence-electron chi connectivity index (χ1n) is 5.06. The predicted molar refractivity (Wildman–Crippen MR) is 54.8 cm³/mol. The number of hydrogen-bond acceptors (Lipinski definition) is 3. The molecule has 0 spiro atoms. The fourth-order valence-corrected chi connectivity index (χ4v) is 1.57. The van der Waals surface area contributed by atoms with Gasteiger partial charge in [-0.05, 0) is 0 Å². The first-order chi connectivity index (χ1) is 6.97. The van der Waals surface area contributed by atoms with Crippen molar-refractivity contribution in [1.82, 2.24) is 19.9 Å². The minimum absolute atomic E-state index is 0.713. The second kappa shape index (κ2) is 4.69. The van der Waals surface area contributed by atoms with Crippen molar-refractivity contribution in [3.8, 4) is 0 Å². The lowest BCUT2D eigenvalue weighted by Gasteiger charge is -1.80. The molecule has 1 aliphatic rings. The Labute approximate surface area is 82.8 Å². The van der Waals surface area contributed by atoms with Crippen LogP contribution in [-0.4, -0.2) is 19.9 Å². The Balaban J connectivity index is 0.000000128. The molecule has 1 saturated carbocycles. The summed E-state index contributed by atoms with van der Waals surface area (Å²) in [6, 6.07) is 0. The molecule has 0 radical (unpaired) electrons. The van der Waals surface area contributed by atoms with Crippen molar-refractivity contribution in [3.63, 3.8) is 0 Å². The van der Waals surface area contributed by atoms with Gasteiger partial charge < -0.3 is 4.98 Å². The highest BCUT2D eigenvalue weighted by molar-refractivity contribution is 5.67. The highest BCUT2D eigenvalue weighted by Crippen LogP contribution is 2.15. The fraction of sp³-hybridized carbons (Fsp3) is 0.500. The smallest absolute Gasteiger partial charge is 0.180 e. The summed E-state index contributed by atoms with van der Waals surface area (Å²) < 4.78 is 0. The third-order valence-electron chi connectivity index (χ3n) is 2.35. The van der Waals surface area contributed by atoms with Crippen LogP contribution in [0.2, 0.25) is 0 Å². The standard InChI is InChI=1S/C5H4N4.C5H10/c1-4-5(8-2-6-1)9-3-7-4;1-2-4-5-3-1/h1-3H,(H,6,7,8,9);1-5H2. The van der Waals surface area contributed by atoms with Gasteiger partial charge in [0.1, 0.15) is 11.8 Å². The van der Waals surface area contributed by atoms with E-state index < -0.39 is 0 Å². The molecule has 2 aromatic rings. The molecule has 0 bridgehead atoms. The predicted octanol–water partition coefficient (Wildman–Crippen LogP) is 2.30. The van der Waals surface area contributed by atoms with Crippen molar-refractivity contribution in [2.24, 2.45) is 0 Å². The van der Waals surface area contributed by atoms with Gasteiger partial charge in [0.25, 0.3) is 0 Å². The summed E-state index contributed by atoms with van der Waals surface area (Å²) in [5.41, 5.74) is 1.59. The molecule has 0 aromatic carbocycles. The zero-order chi connectivity index (χ0) is 9.64. The van der Waals surface area contributed by atoms with E-state index in [1.807, 2.05) is 0 Å². The van der Waals surface area contributed by atoms with E-state index in [-0.39, 0.29) is 0 Å². The molecule has 3 rings (SSSR count). The Morgan fingerprint density at radius 2 is 1.71 bits per heavy atom. The number of hydrogen-bond donors (Lipinski definition) is 1. The van der Waals surface area contributed by atoms with E-state index in [2.05, 4.69) is 19.9 Å². The van der Waals surface area contributed by atoms with Gasteiger partial charge in [-0.1, -0.05) is 32.1 Å². The van der Waals surface area contributed by atoms with E-state index >= 15 is 0 Å². The summed E-state index contributed by atoms with van der Waals surface area (Å²) in [5.74, 6) is 0. The van der Waals surface area contributed by atoms with Crippen LogP contribution in [0.25, 0.3) is 11.2 Å². The van der Waals surface area contributed by atoms with Gasteiger partial charge >= 0.3 is 0 Å². The lowest BCUT2D eigenvalue weighted by Crippen LogP contribution is -1.76. The second-order valence-corrected chi connectivity index (χ2v) is 3.43. The number of H-pyrrole nitrogens is 1. The lowest BCUT2D eigenvalue weighted by atomic mass is 10.4. The Morgan fingerprint density at radius 3 is 2.36 bits per heavy atom. The number of nitrogens with one attached hydrogen (secondary N) is 1. The van der Waals surface area contributed by atoms with Crippen LogP contribution in [0.3, 0.4) is 0 Å². The quantitative estimate of drug-likeness (QED) is 0.693. The van der Waals surface area contributed by atoms with Crippen LogP contribution in [0, 0.1) is 0 Å². The largest absolute Gasteiger partial charge is 0.342 e. The molecular formula is C10H14N4. The normalized spacial score (nSPS) is 15.1. The van der Waals surface area contributed by atoms with Gasteiger partial charge in [0, 0.05) is 0 Å². The molecule has 2 aromatic heterocycles. The molecule has 0 amide bonds. The maximum atomic E-state index is 3.91. The van der Waals surface area contributed by atoms with Crippen LogP contribution < -0.4 is 0 Å². The number of rotatable bonds is 0.